The van der Waals surface area contributed by atoms with Crippen molar-refractivity contribution in [2.45, 2.75) is 57.7 Å². The number of nitrogens with zero attached hydrogens (tertiary/aromatic N) is 2. The third-order valence-corrected chi connectivity index (χ3v) is 4.83. The minimum absolute atomic E-state index is 0.151. The van der Waals surface area contributed by atoms with Crippen LogP contribution in [0.3, 0.4) is 0 Å². The van der Waals surface area contributed by atoms with Crippen molar-refractivity contribution in [1.29, 1.82) is 0 Å². The highest BCUT2D eigenvalue weighted by atomic mass is 16.3. The lowest BCUT2D eigenvalue weighted by Crippen LogP contribution is -2.35. The summed E-state index contributed by atoms with van der Waals surface area (Å²) in [6.07, 6.45) is 7.60. The number of aromatic nitrogens is 2. The summed E-state index contributed by atoms with van der Waals surface area (Å²) in [6, 6.07) is 11.6. The third kappa shape index (κ3) is 3.82. The van der Waals surface area contributed by atoms with Crippen molar-refractivity contribution in [2.24, 2.45) is 0 Å². The van der Waals surface area contributed by atoms with Gasteiger partial charge in [0.2, 0.25) is 0 Å². The molecule has 4 heteroatoms. The van der Waals surface area contributed by atoms with E-state index in [2.05, 4.69) is 47.7 Å². The number of benzene rings is 1. The van der Waals surface area contributed by atoms with Crippen LogP contribution in [0, 0.1) is 0 Å². The second-order valence-electron chi connectivity index (χ2n) is 6.40. The highest BCUT2D eigenvalue weighted by molar-refractivity contribution is 5.25. The lowest BCUT2D eigenvalue weighted by Gasteiger charge is -2.29. The maximum atomic E-state index is 9.18. The lowest BCUT2D eigenvalue weighted by atomic mass is 9.91. The Morgan fingerprint density at radius 2 is 2.17 bits per heavy atom. The Morgan fingerprint density at radius 1 is 1.35 bits per heavy atom. The number of hydrogen-bond donors (Lipinski definition) is 2. The van der Waals surface area contributed by atoms with Gasteiger partial charge in [-0.25, -0.2) is 0 Å². The Kier molecular flexibility index (Phi) is 5.47. The Balaban J connectivity index is 1.70. The van der Waals surface area contributed by atoms with Gasteiger partial charge in [-0.1, -0.05) is 37.3 Å². The minimum Gasteiger partial charge on any atom is -0.394 e. The molecule has 2 atom stereocenters. The first-order valence-electron chi connectivity index (χ1n) is 8.77. The molecule has 1 aliphatic rings. The predicted molar refractivity (Wildman–Crippen MR) is 92.4 cm³/mol. The molecule has 1 aromatic heterocycles. The van der Waals surface area contributed by atoms with Crippen molar-refractivity contribution in [3.8, 4) is 0 Å². The maximum Gasteiger partial charge on any atom is 0.0644 e. The van der Waals surface area contributed by atoms with Crippen molar-refractivity contribution in [3.63, 3.8) is 0 Å². The van der Waals surface area contributed by atoms with Crippen LogP contribution in [-0.4, -0.2) is 27.5 Å². The molecule has 3 rings (SSSR count). The zero-order valence-corrected chi connectivity index (χ0v) is 13.9. The fourth-order valence-electron chi connectivity index (χ4n) is 3.58. The van der Waals surface area contributed by atoms with Crippen LogP contribution >= 0.6 is 0 Å². The second-order valence-corrected chi connectivity index (χ2v) is 6.40. The van der Waals surface area contributed by atoms with E-state index >= 15 is 0 Å². The lowest BCUT2D eigenvalue weighted by molar-refractivity contribution is 0.266. The molecular formula is C19H27N3O. The smallest absolute Gasteiger partial charge is 0.0644 e. The van der Waals surface area contributed by atoms with Gasteiger partial charge in [-0.05, 0) is 37.7 Å². The molecule has 1 heterocycles. The topological polar surface area (TPSA) is 50.1 Å². The fraction of sp³-hybridized carbons (Fsp3) is 0.526. The van der Waals surface area contributed by atoms with E-state index in [0.29, 0.717) is 18.6 Å². The average molecular weight is 313 g/mol. The summed E-state index contributed by atoms with van der Waals surface area (Å²) < 4.78 is 1.97. The summed E-state index contributed by atoms with van der Waals surface area (Å²) in [6.45, 7) is 3.00. The number of aliphatic hydroxyl groups excluding tert-OH is 1. The Bertz CT molecular complexity index is 608. The van der Waals surface area contributed by atoms with Gasteiger partial charge >= 0.3 is 0 Å². The van der Waals surface area contributed by atoms with Crippen molar-refractivity contribution >= 4 is 0 Å². The van der Waals surface area contributed by atoms with Gasteiger partial charge in [0.1, 0.15) is 0 Å². The van der Waals surface area contributed by atoms with Crippen molar-refractivity contribution in [2.75, 3.05) is 6.61 Å². The van der Waals surface area contributed by atoms with Crippen molar-refractivity contribution in [3.05, 3.63) is 53.3 Å². The summed E-state index contributed by atoms with van der Waals surface area (Å²) in [7, 11) is 0. The van der Waals surface area contributed by atoms with Crippen LogP contribution in [0.4, 0.5) is 0 Å². The van der Waals surface area contributed by atoms with Crippen LogP contribution in [0.25, 0.3) is 0 Å². The molecule has 124 valence electrons. The SMILES string of the molecule is CCC(Cc1ccccc1)NC1CCCc2c1cnn2CCO. The Labute approximate surface area is 138 Å². The molecule has 23 heavy (non-hydrogen) atoms. The van der Waals surface area contributed by atoms with Gasteiger partial charge in [-0.15, -0.1) is 0 Å². The first-order valence-corrected chi connectivity index (χ1v) is 8.77. The first kappa shape index (κ1) is 16.2. The minimum atomic E-state index is 0.151. The molecule has 0 saturated heterocycles. The fourth-order valence-corrected chi connectivity index (χ4v) is 3.58. The molecule has 0 fully saturated rings. The van der Waals surface area contributed by atoms with E-state index in [-0.39, 0.29) is 6.61 Å². The molecule has 2 unspecified atom stereocenters. The van der Waals surface area contributed by atoms with E-state index < -0.39 is 0 Å². The number of rotatable bonds is 7. The van der Waals surface area contributed by atoms with E-state index in [0.717, 1.165) is 19.3 Å². The molecule has 2 aromatic rings. The summed E-state index contributed by atoms with van der Waals surface area (Å²) in [5, 5.41) is 17.5. The molecule has 1 aromatic carbocycles. The van der Waals surface area contributed by atoms with Crippen LogP contribution in [0.15, 0.2) is 36.5 Å². The molecular weight excluding hydrogens is 286 g/mol. The zero-order chi connectivity index (χ0) is 16.1. The van der Waals surface area contributed by atoms with Gasteiger partial charge in [0.25, 0.3) is 0 Å². The molecule has 0 saturated carbocycles. The van der Waals surface area contributed by atoms with Gasteiger partial charge in [0, 0.05) is 23.3 Å². The van der Waals surface area contributed by atoms with E-state index in [1.807, 2.05) is 10.9 Å². The zero-order valence-electron chi connectivity index (χ0n) is 13.9. The van der Waals surface area contributed by atoms with Crippen LogP contribution in [-0.2, 0) is 19.4 Å². The highest BCUT2D eigenvalue weighted by Crippen LogP contribution is 2.30. The summed E-state index contributed by atoms with van der Waals surface area (Å²) in [4.78, 5) is 0. The number of hydrogen-bond acceptors (Lipinski definition) is 3. The second kappa shape index (κ2) is 7.75. The van der Waals surface area contributed by atoms with Crippen LogP contribution in [0.1, 0.15) is 49.0 Å². The summed E-state index contributed by atoms with van der Waals surface area (Å²) in [5.74, 6) is 0. The third-order valence-electron chi connectivity index (χ3n) is 4.83. The van der Waals surface area contributed by atoms with Gasteiger partial charge in [0.05, 0.1) is 19.3 Å². The first-order chi connectivity index (χ1) is 11.3. The van der Waals surface area contributed by atoms with Gasteiger partial charge in [0.15, 0.2) is 0 Å². The van der Waals surface area contributed by atoms with Crippen molar-refractivity contribution in [1.82, 2.24) is 15.1 Å². The van der Waals surface area contributed by atoms with Crippen LogP contribution < -0.4 is 5.32 Å². The summed E-state index contributed by atoms with van der Waals surface area (Å²) in [5.41, 5.74) is 4.02. The number of fused-ring (bicyclic) bond motifs is 1. The molecule has 4 nitrogen and oxygen atoms in total. The highest BCUT2D eigenvalue weighted by Gasteiger charge is 2.25. The van der Waals surface area contributed by atoms with Gasteiger partial charge in [-0.2, -0.15) is 5.10 Å². The average Bonchev–Trinajstić information content (AvgIpc) is 3.00. The van der Waals surface area contributed by atoms with Crippen LogP contribution in [0.2, 0.25) is 0 Å². The normalized spacial score (nSPS) is 18.6. The molecule has 0 bridgehead atoms. The quantitative estimate of drug-likeness (QED) is 0.826. The monoisotopic (exact) mass is 313 g/mol. The van der Waals surface area contributed by atoms with Gasteiger partial charge < -0.3 is 10.4 Å². The molecule has 0 radical (unpaired) electrons. The molecule has 2 N–H and O–H groups in total. The van der Waals surface area contributed by atoms with Crippen LogP contribution in [0.5, 0.6) is 0 Å². The van der Waals surface area contributed by atoms with E-state index in [9.17, 15) is 5.11 Å². The summed E-state index contributed by atoms with van der Waals surface area (Å²) >= 11 is 0. The van der Waals surface area contributed by atoms with E-state index in [1.165, 1.54) is 29.7 Å². The van der Waals surface area contributed by atoms with Gasteiger partial charge in [-0.3, -0.25) is 4.68 Å². The molecule has 0 aliphatic heterocycles. The molecule has 0 amide bonds. The largest absolute Gasteiger partial charge is 0.394 e. The predicted octanol–water partition coefficient (Wildman–Crippen LogP) is 2.86. The Hall–Kier alpha value is -1.65. The standard InChI is InChI=1S/C19H27N3O/c1-2-16(13-15-7-4-3-5-8-15)21-18-9-6-10-19-17(18)14-20-22(19)11-12-23/h3-5,7-8,14,16,18,21,23H,2,6,9-13H2,1H3. The molecule has 0 spiro atoms. The van der Waals surface area contributed by atoms with E-state index in [4.69, 9.17) is 0 Å². The number of aliphatic hydroxyl groups is 1. The maximum absolute atomic E-state index is 9.18. The van der Waals surface area contributed by atoms with E-state index in [1.54, 1.807) is 0 Å². The molecule has 1 aliphatic carbocycles. The number of nitrogens with one attached hydrogen (secondary N) is 1. The Morgan fingerprint density at radius 3 is 2.91 bits per heavy atom. The van der Waals surface area contributed by atoms with Crippen molar-refractivity contribution < 1.29 is 5.11 Å².